The number of aliphatic hydroxyl groups excluding tert-OH is 2. The maximum atomic E-state index is 12.7. The van der Waals surface area contributed by atoms with Gasteiger partial charge in [-0.15, -0.1) is 0 Å². The molecular weight excluding hydrogens is 544 g/mol. The van der Waals surface area contributed by atoms with Gasteiger partial charge in [-0.2, -0.15) is 0 Å². The minimum Gasteiger partial charge on any atom is -0.462 e. The summed E-state index contributed by atoms with van der Waals surface area (Å²) >= 11 is 0. The first kappa shape index (κ1) is 30.5. The van der Waals surface area contributed by atoms with Crippen molar-refractivity contribution in [1.29, 1.82) is 0 Å². The molecule has 10 heteroatoms. The molecule has 2 heterocycles. The summed E-state index contributed by atoms with van der Waals surface area (Å²) in [5.41, 5.74) is -0.720. The summed E-state index contributed by atoms with van der Waals surface area (Å²) < 4.78 is 28.7. The summed E-state index contributed by atoms with van der Waals surface area (Å²) in [6.07, 6.45) is 3.36. The van der Waals surface area contributed by atoms with Crippen molar-refractivity contribution in [3.8, 4) is 0 Å². The van der Waals surface area contributed by atoms with Crippen LogP contribution in [0, 0.1) is 34.5 Å². The van der Waals surface area contributed by atoms with Crippen LogP contribution < -0.4 is 0 Å². The molecule has 5 fully saturated rings. The molecule has 236 valence electrons. The average Bonchev–Trinajstić information content (AvgIpc) is 3.44. The number of hydrogen-bond acceptors (Lipinski definition) is 10. The number of rotatable bonds is 5. The summed E-state index contributed by atoms with van der Waals surface area (Å²) in [4.78, 5) is 24.2. The van der Waals surface area contributed by atoms with E-state index in [9.17, 15) is 24.9 Å². The second-order valence-corrected chi connectivity index (χ2v) is 14.5. The van der Waals surface area contributed by atoms with Crippen LogP contribution in [0.15, 0.2) is 11.6 Å². The molecule has 0 spiro atoms. The summed E-state index contributed by atoms with van der Waals surface area (Å²) in [5, 5.41) is 33.8. The molecule has 0 unspecified atom stereocenters. The van der Waals surface area contributed by atoms with Crippen molar-refractivity contribution >= 4 is 11.9 Å². The molecule has 0 aromatic carbocycles. The summed E-state index contributed by atoms with van der Waals surface area (Å²) in [7, 11) is 1.47. The van der Waals surface area contributed by atoms with Crippen LogP contribution in [-0.2, 0) is 33.3 Å². The molecule has 6 rings (SSSR count). The van der Waals surface area contributed by atoms with Gasteiger partial charge < -0.3 is 39.0 Å². The van der Waals surface area contributed by atoms with Gasteiger partial charge in [-0.25, -0.2) is 4.79 Å². The fraction of sp³-hybridized carbons (Fsp3) is 0.875. The van der Waals surface area contributed by atoms with E-state index >= 15 is 0 Å². The van der Waals surface area contributed by atoms with E-state index in [1.165, 1.54) is 20.1 Å². The molecule has 42 heavy (non-hydrogen) atoms. The Morgan fingerprint density at radius 3 is 2.50 bits per heavy atom. The number of fused-ring (bicyclic) bond motifs is 5. The summed E-state index contributed by atoms with van der Waals surface area (Å²) in [5.74, 6) is -0.234. The topological polar surface area (TPSA) is 141 Å². The van der Waals surface area contributed by atoms with Gasteiger partial charge in [0.15, 0.2) is 6.29 Å². The molecule has 3 N–H and O–H groups in total. The average molecular weight is 593 g/mol. The maximum absolute atomic E-state index is 12.7. The van der Waals surface area contributed by atoms with Gasteiger partial charge in [-0.1, -0.05) is 13.8 Å². The van der Waals surface area contributed by atoms with E-state index in [1.807, 2.05) is 0 Å². The molecule has 4 saturated carbocycles. The molecule has 0 aromatic heterocycles. The zero-order chi connectivity index (χ0) is 30.2. The van der Waals surface area contributed by atoms with Crippen LogP contribution in [0.1, 0.15) is 79.1 Å². The largest absolute Gasteiger partial charge is 0.462 e. The number of methoxy groups -OCH3 is 1. The van der Waals surface area contributed by atoms with Gasteiger partial charge in [0.05, 0.1) is 17.8 Å². The first-order valence-corrected chi connectivity index (χ1v) is 15.8. The van der Waals surface area contributed by atoms with Crippen LogP contribution in [0.25, 0.3) is 0 Å². The molecule has 0 amide bonds. The number of esters is 2. The van der Waals surface area contributed by atoms with Crippen LogP contribution in [0.3, 0.4) is 0 Å². The quantitative estimate of drug-likeness (QED) is 0.322. The Morgan fingerprint density at radius 1 is 1.07 bits per heavy atom. The predicted molar refractivity (Wildman–Crippen MR) is 149 cm³/mol. The third-order valence-electron chi connectivity index (χ3n) is 12.6. The van der Waals surface area contributed by atoms with Gasteiger partial charge in [0.25, 0.3) is 0 Å². The zero-order valence-electron chi connectivity index (χ0n) is 25.5. The molecular formula is C32H48O10. The highest BCUT2D eigenvalue weighted by molar-refractivity contribution is 5.85. The highest BCUT2D eigenvalue weighted by Crippen LogP contribution is 2.70. The van der Waals surface area contributed by atoms with Crippen molar-refractivity contribution < 1.29 is 48.6 Å². The smallest absolute Gasteiger partial charge is 0.331 e. The zero-order valence-corrected chi connectivity index (χ0v) is 25.5. The minimum absolute atomic E-state index is 0.0190. The van der Waals surface area contributed by atoms with Gasteiger partial charge >= 0.3 is 11.9 Å². The first-order chi connectivity index (χ1) is 19.8. The van der Waals surface area contributed by atoms with Crippen molar-refractivity contribution in [3.63, 3.8) is 0 Å². The van der Waals surface area contributed by atoms with Crippen LogP contribution in [-0.4, -0.2) is 89.5 Å². The summed E-state index contributed by atoms with van der Waals surface area (Å²) in [6.45, 7) is 7.85. The number of carbonyl (C=O) groups is 2. The van der Waals surface area contributed by atoms with Gasteiger partial charge in [0.2, 0.25) is 0 Å². The Morgan fingerprint density at radius 2 is 1.83 bits per heavy atom. The van der Waals surface area contributed by atoms with E-state index in [-0.39, 0.29) is 41.9 Å². The van der Waals surface area contributed by atoms with E-state index in [0.717, 1.165) is 50.5 Å². The Labute approximate surface area is 248 Å². The number of carbonyl (C=O) groups excluding carboxylic acids is 2. The van der Waals surface area contributed by atoms with Crippen molar-refractivity contribution in [2.45, 2.75) is 128 Å². The van der Waals surface area contributed by atoms with Crippen LogP contribution in [0.4, 0.5) is 0 Å². The highest BCUT2D eigenvalue weighted by atomic mass is 16.7. The minimum atomic E-state index is -1.08. The van der Waals surface area contributed by atoms with Crippen molar-refractivity contribution in [3.05, 3.63) is 11.6 Å². The third-order valence-corrected chi connectivity index (χ3v) is 12.6. The van der Waals surface area contributed by atoms with Crippen molar-refractivity contribution in [2.75, 3.05) is 13.7 Å². The molecule has 2 aliphatic heterocycles. The number of ether oxygens (including phenoxy) is 5. The van der Waals surface area contributed by atoms with E-state index < -0.39 is 47.8 Å². The van der Waals surface area contributed by atoms with E-state index in [4.69, 9.17) is 23.7 Å². The van der Waals surface area contributed by atoms with E-state index in [1.54, 1.807) is 6.92 Å². The van der Waals surface area contributed by atoms with Gasteiger partial charge in [-0.05, 0) is 80.6 Å². The molecule has 6 aliphatic rings. The van der Waals surface area contributed by atoms with Gasteiger partial charge in [0.1, 0.15) is 31.0 Å². The van der Waals surface area contributed by atoms with Crippen molar-refractivity contribution in [2.24, 2.45) is 34.5 Å². The fourth-order valence-electron chi connectivity index (χ4n) is 10.4. The van der Waals surface area contributed by atoms with Gasteiger partial charge in [-0.3, -0.25) is 4.79 Å². The second-order valence-electron chi connectivity index (χ2n) is 14.5. The molecule has 14 atom stereocenters. The first-order valence-electron chi connectivity index (χ1n) is 15.8. The third kappa shape index (κ3) is 4.58. The number of aliphatic hydroxyl groups is 3. The number of hydrogen-bond donors (Lipinski definition) is 3. The molecule has 10 nitrogen and oxygen atoms in total. The lowest BCUT2D eigenvalue weighted by atomic mass is 9.43. The standard InChI is InChI=1S/C32H48O10/c1-16-26(35)28(38-5)27(36)29(40-16)42-20-8-10-30(3)19(13-20)6-7-22-21(30)9-11-31(4)25(18-12-24(34)39-15-18)23(41-17(2)33)14-32(22,31)37/h12,16,19-23,25-29,35-37H,6-11,13-15H2,1-5H3/t16-,19-,20+,21+,22-,23-,25+,26+,27-,28+,29+,30+,31-,32+/m1/s1. The molecule has 0 radical (unpaired) electrons. The summed E-state index contributed by atoms with van der Waals surface area (Å²) in [6, 6.07) is 0. The van der Waals surface area contributed by atoms with Gasteiger partial charge in [0, 0.05) is 37.9 Å². The van der Waals surface area contributed by atoms with E-state index in [0.29, 0.717) is 18.3 Å². The SMILES string of the molecule is CO[C@H]1[C@@H](O)[C@@H](C)O[C@@H](O[C@H]2CC[C@@]3(C)[C@H](CC[C@@H]4[C@@H]3CC[C@]3(C)[C@@H](C5=CC(=O)OC5)[C@H](OC(C)=O)C[C@]43O)C2)[C@@H]1O. The van der Waals surface area contributed by atoms with Crippen LogP contribution in [0.5, 0.6) is 0 Å². The lowest BCUT2D eigenvalue weighted by Gasteiger charge is -2.63. The Kier molecular flexibility index (Phi) is 7.84. The molecule has 0 aromatic rings. The lowest BCUT2D eigenvalue weighted by molar-refractivity contribution is -0.313. The fourth-order valence-corrected chi connectivity index (χ4v) is 10.4. The monoisotopic (exact) mass is 592 g/mol. The Hall–Kier alpha value is -1.56. The van der Waals surface area contributed by atoms with Crippen LogP contribution in [0.2, 0.25) is 0 Å². The molecule has 1 saturated heterocycles. The lowest BCUT2D eigenvalue weighted by Crippen LogP contribution is -2.62. The Bertz CT molecular complexity index is 1110. The van der Waals surface area contributed by atoms with Crippen molar-refractivity contribution in [1.82, 2.24) is 0 Å². The maximum Gasteiger partial charge on any atom is 0.331 e. The predicted octanol–water partition coefficient (Wildman–Crippen LogP) is 2.65. The van der Waals surface area contributed by atoms with E-state index in [2.05, 4.69) is 13.8 Å². The second kappa shape index (κ2) is 10.8. The molecule has 0 bridgehead atoms. The molecule has 4 aliphatic carbocycles. The number of cyclic esters (lactones) is 1. The normalized spacial score (nSPS) is 52.0. The Balaban J connectivity index is 1.20. The highest BCUT2D eigenvalue weighted by Gasteiger charge is 2.71. The van der Waals surface area contributed by atoms with Crippen LogP contribution >= 0.6 is 0 Å².